The van der Waals surface area contributed by atoms with Gasteiger partial charge in [-0.25, -0.2) is 4.98 Å². The zero-order chi connectivity index (χ0) is 20.8. The van der Waals surface area contributed by atoms with E-state index in [0.29, 0.717) is 16.7 Å². The molecule has 2 aromatic rings. The summed E-state index contributed by atoms with van der Waals surface area (Å²) >= 11 is 3.50. The Morgan fingerprint density at radius 1 is 1.45 bits per heavy atom. The van der Waals surface area contributed by atoms with Crippen molar-refractivity contribution in [2.45, 2.75) is 19.0 Å². The number of nitrogens with one attached hydrogen (secondary N) is 3. The van der Waals surface area contributed by atoms with Gasteiger partial charge in [0.25, 0.3) is 5.91 Å². The number of benzene rings is 1. The van der Waals surface area contributed by atoms with Crippen LogP contribution in [-0.4, -0.2) is 48.2 Å². The fourth-order valence-electron chi connectivity index (χ4n) is 3.43. The molecule has 1 unspecified atom stereocenters. The quantitative estimate of drug-likeness (QED) is 0.479. The van der Waals surface area contributed by atoms with Crippen molar-refractivity contribution < 1.29 is 4.79 Å². The highest BCUT2D eigenvalue weighted by atomic mass is 79.9. The van der Waals surface area contributed by atoms with Crippen LogP contribution in [0.2, 0.25) is 0 Å². The van der Waals surface area contributed by atoms with Gasteiger partial charge >= 0.3 is 0 Å². The number of anilines is 1. The lowest BCUT2D eigenvalue weighted by Gasteiger charge is -2.17. The Labute approximate surface area is 179 Å². The number of hydrogen-bond acceptors (Lipinski definition) is 6. The maximum absolute atomic E-state index is 12.8. The van der Waals surface area contributed by atoms with Gasteiger partial charge in [0.1, 0.15) is 5.82 Å². The van der Waals surface area contributed by atoms with Gasteiger partial charge in [-0.15, -0.1) is 0 Å². The van der Waals surface area contributed by atoms with Gasteiger partial charge in [-0.3, -0.25) is 9.69 Å². The molecule has 0 bridgehead atoms. The van der Waals surface area contributed by atoms with E-state index >= 15 is 0 Å². The van der Waals surface area contributed by atoms with Crippen LogP contribution in [0, 0.1) is 5.41 Å². The van der Waals surface area contributed by atoms with Crippen LogP contribution in [-0.2, 0) is 6.54 Å². The van der Waals surface area contributed by atoms with Crippen LogP contribution >= 0.6 is 15.9 Å². The highest BCUT2D eigenvalue weighted by Gasteiger charge is 2.25. The molecule has 1 aliphatic rings. The van der Waals surface area contributed by atoms with Gasteiger partial charge in [-0.05, 0) is 30.2 Å². The summed E-state index contributed by atoms with van der Waals surface area (Å²) in [6, 6.07) is 10.0. The normalized spacial score (nSPS) is 17.2. The molecule has 1 saturated heterocycles. The second kappa shape index (κ2) is 9.67. The molecule has 0 spiro atoms. The van der Waals surface area contributed by atoms with Gasteiger partial charge in [0.15, 0.2) is 0 Å². The molecule has 0 radical (unpaired) electrons. The van der Waals surface area contributed by atoms with Crippen molar-refractivity contribution in [1.29, 1.82) is 5.41 Å². The molecule has 29 heavy (non-hydrogen) atoms. The molecule has 3 rings (SSSR count). The summed E-state index contributed by atoms with van der Waals surface area (Å²) in [6.07, 6.45) is 5.34. The van der Waals surface area contributed by atoms with Gasteiger partial charge in [0, 0.05) is 66.9 Å². The van der Waals surface area contributed by atoms with Crippen LogP contribution in [0.4, 0.5) is 5.82 Å². The van der Waals surface area contributed by atoms with Gasteiger partial charge in [0.05, 0.1) is 5.56 Å². The number of nitrogens with zero attached hydrogens (tertiary/aromatic N) is 2. The minimum Gasteiger partial charge on any atom is -0.393 e. The monoisotopic (exact) mass is 456 g/mol. The van der Waals surface area contributed by atoms with Gasteiger partial charge in [-0.2, -0.15) is 0 Å². The number of halogens is 1. The van der Waals surface area contributed by atoms with Crippen molar-refractivity contribution >= 4 is 39.4 Å². The molecule has 1 aromatic carbocycles. The lowest BCUT2D eigenvalue weighted by molar-refractivity contribution is 0.0938. The van der Waals surface area contributed by atoms with Gasteiger partial charge in [0.2, 0.25) is 0 Å². The first kappa shape index (κ1) is 21.0. The summed E-state index contributed by atoms with van der Waals surface area (Å²) in [6.45, 7) is 2.56. The number of carbonyl (C=O) groups excluding carboxylic acids is 1. The predicted molar refractivity (Wildman–Crippen MR) is 120 cm³/mol. The Morgan fingerprint density at radius 3 is 3.00 bits per heavy atom. The first-order valence-electron chi connectivity index (χ1n) is 9.41. The van der Waals surface area contributed by atoms with Crippen molar-refractivity contribution in [3.05, 3.63) is 63.9 Å². The topological polar surface area (TPSA) is 107 Å². The first-order chi connectivity index (χ1) is 14.0. The Hall–Kier alpha value is -2.71. The molecule has 2 heterocycles. The van der Waals surface area contributed by atoms with Crippen LogP contribution in [0.5, 0.6) is 0 Å². The SMILES string of the molecule is CN/C=C(\C=N)c1cnc(N)c(C(=O)NC2CCN(Cc3cccc(Br)c3)C2)c1. The van der Waals surface area contributed by atoms with E-state index in [0.717, 1.165) is 30.5 Å². The maximum Gasteiger partial charge on any atom is 0.255 e. The van der Waals surface area contributed by atoms with Crippen molar-refractivity contribution in [2.75, 3.05) is 25.9 Å². The number of carbonyl (C=O) groups is 1. The Bertz CT molecular complexity index is 929. The molecule has 1 atom stereocenters. The number of hydrogen-bond donors (Lipinski definition) is 4. The minimum atomic E-state index is -0.236. The molecule has 1 aliphatic heterocycles. The standard InChI is InChI=1S/C21H25BrN6O/c1-25-10-16(9-23)15-8-19(20(24)26-11-15)21(29)27-18-5-6-28(13-18)12-14-3-2-4-17(22)7-14/h2-4,7-11,18,23,25H,5-6,12-13H2,1H3,(H2,24,26)(H,27,29)/b16-10+,23-9?. The van der Waals surface area contributed by atoms with E-state index in [-0.39, 0.29) is 17.8 Å². The average molecular weight is 457 g/mol. The minimum absolute atomic E-state index is 0.0627. The van der Waals surface area contributed by atoms with Crippen LogP contribution < -0.4 is 16.4 Å². The van der Waals surface area contributed by atoms with Crippen molar-refractivity contribution in [3.63, 3.8) is 0 Å². The van der Waals surface area contributed by atoms with E-state index in [9.17, 15) is 4.79 Å². The summed E-state index contributed by atoms with van der Waals surface area (Å²) < 4.78 is 1.07. The molecule has 0 saturated carbocycles. The maximum atomic E-state index is 12.8. The summed E-state index contributed by atoms with van der Waals surface area (Å²) in [5.74, 6) is -0.0519. The smallest absolute Gasteiger partial charge is 0.255 e. The number of nitrogens with two attached hydrogens (primary N) is 1. The molecule has 1 aromatic heterocycles. The molecule has 8 heteroatoms. The third-order valence-corrected chi connectivity index (χ3v) is 5.35. The van der Waals surface area contributed by atoms with Gasteiger partial charge in [-0.1, -0.05) is 28.1 Å². The summed E-state index contributed by atoms with van der Waals surface area (Å²) in [4.78, 5) is 19.3. The number of likely N-dealkylation sites (tertiary alicyclic amines) is 1. The zero-order valence-electron chi connectivity index (χ0n) is 16.3. The lowest BCUT2D eigenvalue weighted by atomic mass is 10.1. The number of nitrogen functional groups attached to an aromatic ring is 1. The molecular weight excluding hydrogens is 432 g/mol. The molecule has 0 aliphatic carbocycles. The fourth-order valence-corrected chi connectivity index (χ4v) is 3.88. The highest BCUT2D eigenvalue weighted by Crippen LogP contribution is 2.19. The van der Waals surface area contributed by atoms with Crippen molar-refractivity contribution in [1.82, 2.24) is 20.5 Å². The van der Waals surface area contributed by atoms with E-state index < -0.39 is 0 Å². The molecule has 152 valence electrons. The third kappa shape index (κ3) is 5.42. The Kier molecular flexibility index (Phi) is 7.00. The summed E-state index contributed by atoms with van der Waals surface area (Å²) in [7, 11) is 1.75. The lowest BCUT2D eigenvalue weighted by Crippen LogP contribution is -2.37. The van der Waals surface area contributed by atoms with E-state index in [4.69, 9.17) is 11.1 Å². The number of allylic oxidation sites excluding steroid dienone is 1. The number of aromatic nitrogens is 1. The predicted octanol–water partition coefficient (Wildman–Crippen LogP) is 2.64. The zero-order valence-corrected chi connectivity index (χ0v) is 17.9. The molecule has 5 N–H and O–H groups in total. The molecule has 1 amide bonds. The third-order valence-electron chi connectivity index (χ3n) is 4.85. The van der Waals surface area contributed by atoms with Crippen LogP contribution in [0.25, 0.3) is 5.57 Å². The molecule has 1 fully saturated rings. The second-order valence-corrected chi connectivity index (χ2v) is 7.93. The molecule has 7 nitrogen and oxygen atoms in total. The number of rotatable bonds is 7. The first-order valence-corrected chi connectivity index (χ1v) is 10.2. The average Bonchev–Trinajstić information content (AvgIpc) is 3.13. The Morgan fingerprint density at radius 2 is 2.28 bits per heavy atom. The molecular formula is C21H25BrN6O. The number of pyridine rings is 1. The van der Waals surface area contributed by atoms with Gasteiger partial charge < -0.3 is 21.8 Å². The summed E-state index contributed by atoms with van der Waals surface area (Å²) in [5.41, 5.74) is 8.80. The highest BCUT2D eigenvalue weighted by molar-refractivity contribution is 9.10. The van der Waals surface area contributed by atoms with Crippen LogP contribution in [0.3, 0.4) is 0 Å². The summed E-state index contributed by atoms with van der Waals surface area (Å²) in [5, 5.41) is 13.5. The van der Waals surface area contributed by atoms with Crippen molar-refractivity contribution in [2.24, 2.45) is 0 Å². The largest absolute Gasteiger partial charge is 0.393 e. The van der Waals surface area contributed by atoms with E-state index in [1.807, 2.05) is 12.1 Å². The van der Waals surface area contributed by atoms with Crippen LogP contribution in [0.15, 0.2) is 47.2 Å². The van der Waals surface area contributed by atoms with E-state index in [1.165, 1.54) is 11.8 Å². The van der Waals surface area contributed by atoms with Crippen molar-refractivity contribution in [3.8, 4) is 0 Å². The Balaban J connectivity index is 1.65. The second-order valence-electron chi connectivity index (χ2n) is 7.01. The van der Waals surface area contributed by atoms with E-state index in [2.05, 4.69) is 48.6 Å². The van der Waals surface area contributed by atoms with Crippen LogP contribution in [0.1, 0.15) is 27.9 Å². The van der Waals surface area contributed by atoms with E-state index in [1.54, 1.807) is 25.5 Å². The fraction of sp³-hybridized carbons (Fsp3) is 0.286. The number of amides is 1.